The van der Waals surface area contributed by atoms with E-state index in [9.17, 15) is 31.2 Å². The Labute approximate surface area is 234 Å². The number of ether oxygens (including phenoxy) is 1. The number of hydrogen-bond acceptors (Lipinski definition) is 7. The number of sulfone groups is 1. The van der Waals surface area contributed by atoms with Crippen molar-refractivity contribution in [2.75, 3.05) is 18.5 Å². The number of allylic oxidation sites excluding steroid dienone is 1. The molecule has 0 saturated heterocycles. The summed E-state index contributed by atoms with van der Waals surface area (Å²) in [4.78, 5) is 27.0. The zero-order valence-electron chi connectivity index (χ0n) is 21.7. The van der Waals surface area contributed by atoms with Crippen molar-refractivity contribution in [3.8, 4) is 0 Å². The highest BCUT2D eigenvalue weighted by Gasteiger charge is 2.40. The van der Waals surface area contributed by atoms with Crippen LogP contribution in [0.1, 0.15) is 38.8 Å². The molecule has 0 spiro atoms. The minimum atomic E-state index is -5.18. The summed E-state index contributed by atoms with van der Waals surface area (Å²) in [5.74, 6) is -3.12. The summed E-state index contributed by atoms with van der Waals surface area (Å²) < 4.78 is 72.0. The molecule has 0 atom stereocenters. The lowest BCUT2D eigenvalue weighted by atomic mass is 10.0. The number of rotatable bonds is 7. The van der Waals surface area contributed by atoms with Crippen molar-refractivity contribution in [3.63, 3.8) is 0 Å². The smallest absolute Gasteiger partial charge is 0.462 e. The molecule has 3 aromatic rings. The Kier molecular flexibility index (Phi) is 8.69. The van der Waals surface area contributed by atoms with Crippen LogP contribution >= 0.6 is 11.3 Å². The first-order valence-electron chi connectivity index (χ1n) is 12.4. The summed E-state index contributed by atoms with van der Waals surface area (Å²) >= 11 is 0.749. The van der Waals surface area contributed by atoms with Gasteiger partial charge in [0, 0.05) is 30.6 Å². The van der Waals surface area contributed by atoms with Crippen LogP contribution in [0.25, 0.3) is 0 Å². The van der Waals surface area contributed by atoms with Gasteiger partial charge < -0.3 is 15.0 Å². The molecule has 0 saturated carbocycles. The summed E-state index contributed by atoms with van der Waals surface area (Å²) in [6.45, 7) is 3.96. The molecule has 0 radical (unpaired) electrons. The van der Waals surface area contributed by atoms with Gasteiger partial charge in [-0.15, -0.1) is 11.3 Å². The lowest BCUT2D eigenvalue weighted by Gasteiger charge is -2.25. The molecule has 212 valence electrons. The molecule has 0 fully saturated rings. The van der Waals surface area contributed by atoms with E-state index in [1.807, 2.05) is 37.3 Å². The average Bonchev–Trinajstić information content (AvgIpc) is 3.21. The van der Waals surface area contributed by atoms with Gasteiger partial charge in [0.2, 0.25) is 9.84 Å². The Hall–Kier alpha value is -3.64. The van der Waals surface area contributed by atoms with Gasteiger partial charge in [-0.1, -0.05) is 48.0 Å². The average molecular weight is 593 g/mol. The molecule has 0 aliphatic carbocycles. The molecule has 4 rings (SSSR count). The number of alkyl halides is 3. The maximum atomic E-state index is 13.8. The topological polar surface area (TPSA) is 92.8 Å². The largest absolute Gasteiger partial charge is 0.471 e. The number of carbonyl (C=O) groups excluding carboxylic acids is 2. The van der Waals surface area contributed by atoms with E-state index >= 15 is 0 Å². The third-order valence-corrected chi connectivity index (χ3v) is 9.25. The van der Waals surface area contributed by atoms with Crippen LogP contribution in [-0.4, -0.2) is 44.5 Å². The summed E-state index contributed by atoms with van der Waals surface area (Å²) in [7, 11) is -4.02. The molecule has 12 heteroatoms. The first-order chi connectivity index (χ1) is 18.9. The predicted octanol–water partition coefficient (Wildman–Crippen LogP) is 5.65. The van der Waals surface area contributed by atoms with Crippen LogP contribution in [-0.2, 0) is 38.8 Å². The van der Waals surface area contributed by atoms with Crippen LogP contribution in [0, 0.1) is 6.92 Å². The van der Waals surface area contributed by atoms with Gasteiger partial charge in [-0.25, -0.2) is 13.2 Å². The maximum Gasteiger partial charge on any atom is 0.471 e. The van der Waals surface area contributed by atoms with Gasteiger partial charge >= 0.3 is 18.1 Å². The number of anilines is 1. The monoisotopic (exact) mass is 592 g/mol. The van der Waals surface area contributed by atoms with E-state index in [-0.39, 0.29) is 46.4 Å². The first kappa shape index (κ1) is 29.3. The lowest BCUT2D eigenvalue weighted by molar-refractivity contribution is -0.167. The number of nitrogens with zero attached hydrogens (tertiary/aromatic N) is 1. The van der Waals surface area contributed by atoms with Crippen molar-refractivity contribution in [2.45, 2.75) is 44.3 Å². The van der Waals surface area contributed by atoms with Gasteiger partial charge in [-0.3, -0.25) is 4.79 Å². The normalized spacial score (nSPS) is 15.3. The number of nitrogens with one attached hydrogen (secondary N) is 1. The molecule has 2 aromatic carbocycles. The van der Waals surface area contributed by atoms with E-state index in [4.69, 9.17) is 4.74 Å². The molecular formula is C28H27F3N2O5S2. The third kappa shape index (κ3) is 6.56. The van der Waals surface area contributed by atoms with Crippen molar-refractivity contribution >= 4 is 38.1 Å². The molecule has 1 aromatic heterocycles. The van der Waals surface area contributed by atoms with Gasteiger partial charge in [0.1, 0.15) is 5.00 Å². The Balaban J connectivity index is 1.84. The zero-order valence-corrected chi connectivity index (χ0v) is 23.4. The molecule has 1 aliphatic heterocycles. The van der Waals surface area contributed by atoms with Crippen molar-refractivity contribution in [1.29, 1.82) is 0 Å². The summed E-state index contributed by atoms with van der Waals surface area (Å²) in [5.41, 5.74) is 1.96. The molecule has 1 aliphatic rings. The number of esters is 1. The molecule has 1 N–H and O–H groups in total. The number of fused-ring (bicyclic) bond motifs is 1. The summed E-state index contributed by atoms with van der Waals surface area (Å²) in [6, 6.07) is 15.7. The Morgan fingerprint density at radius 1 is 1.07 bits per heavy atom. The predicted molar refractivity (Wildman–Crippen MR) is 146 cm³/mol. The Morgan fingerprint density at radius 2 is 1.75 bits per heavy atom. The second kappa shape index (κ2) is 11.8. The fraction of sp³-hybridized carbons (Fsp3) is 0.286. The molecule has 0 unspecified atom stereocenters. The van der Waals surface area contributed by atoms with Gasteiger partial charge in [-0.2, -0.15) is 13.2 Å². The fourth-order valence-corrected chi connectivity index (χ4v) is 7.07. The van der Waals surface area contributed by atoms with Crippen molar-refractivity contribution in [2.24, 2.45) is 0 Å². The molecule has 40 heavy (non-hydrogen) atoms. The number of benzene rings is 2. The number of aryl methyl sites for hydroxylation is 1. The number of hydrogen-bond donors (Lipinski definition) is 1. The molecule has 2 heterocycles. The van der Waals surface area contributed by atoms with Crippen molar-refractivity contribution in [3.05, 3.63) is 92.8 Å². The number of amides is 1. The van der Waals surface area contributed by atoms with E-state index in [1.165, 1.54) is 12.1 Å². The van der Waals surface area contributed by atoms with E-state index in [0.717, 1.165) is 22.5 Å². The maximum absolute atomic E-state index is 13.8. The number of thiophene rings is 1. The van der Waals surface area contributed by atoms with Gasteiger partial charge in [0.15, 0.2) is 0 Å². The minimum absolute atomic E-state index is 0.0126. The van der Waals surface area contributed by atoms with Crippen LogP contribution in [0.4, 0.5) is 18.2 Å². The molecule has 1 amide bonds. The van der Waals surface area contributed by atoms with E-state index in [0.29, 0.717) is 17.0 Å². The first-order valence-corrected chi connectivity index (χ1v) is 14.7. The highest BCUT2D eigenvalue weighted by atomic mass is 32.2. The summed E-state index contributed by atoms with van der Waals surface area (Å²) in [6.07, 6.45) is -3.60. The SMILES string of the molecule is CCOC(=O)c1c(NC(=O)C(F)(F)F)sc2c1CCN(Cc1ccccc1)/C=C(/S(=O)(=O)c1ccc(C)cc1)C2. The number of halogens is 3. The van der Waals surface area contributed by atoms with E-state index in [1.54, 1.807) is 35.5 Å². The Morgan fingerprint density at radius 3 is 2.38 bits per heavy atom. The van der Waals surface area contributed by atoms with E-state index in [2.05, 4.69) is 0 Å². The number of carbonyl (C=O) groups is 2. The molecule has 7 nitrogen and oxygen atoms in total. The van der Waals surface area contributed by atoms with E-state index < -0.39 is 27.9 Å². The second-order valence-electron chi connectivity index (χ2n) is 9.18. The Bertz CT molecular complexity index is 1530. The van der Waals surface area contributed by atoms with Crippen LogP contribution in [0.3, 0.4) is 0 Å². The third-order valence-electron chi connectivity index (χ3n) is 6.27. The highest BCUT2D eigenvalue weighted by molar-refractivity contribution is 7.95. The van der Waals surface area contributed by atoms with Crippen molar-refractivity contribution < 1.29 is 35.9 Å². The van der Waals surface area contributed by atoms with Crippen LogP contribution < -0.4 is 5.32 Å². The lowest BCUT2D eigenvalue weighted by Crippen LogP contribution is -2.30. The summed E-state index contributed by atoms with van der Waals surface area (Å²) in [5, 5.41) is 1.48. The second-order valence-corrected chi connectivity index (χ2v) is 12.3. The van der Waals surface area contributed by atoms with Crippen LogP contribution in [0.15, 0.2) is 70.6 Å². The van der Waals surface area contributed by atoms with Gasteiger partial charge in [0.05, 0.1) is 22.0 Å². The van der Waals surface area contributed by atoms with Crippen LogP contribution in [0.2, 0.25) is 0 Å². The zero-order chi connectivity index (χ0) is 29.1. The van der Waals surface area contributed by atoms with Gasteiger partial charge in [-0.05, 0) is 43.5 Å². The molecular weight excluding hydrogens is 565 g/mol. The standard InChI is InChI=1S/C28H27F3N2O5S2/c1-3-38-26(34)24-22-13-14-33(16-19-7-5-4-6-8-19)17-21(40(36,37)20-11-9-18(2)10-12-20)15-23(22)39-25(24)32-27(35)28(29,30)31/h4-12,17H,3,13-16H2,1-2H3,(H,32,35)/b21-17+. The molecule has 0 bridgehead atoms. The fourth-order valence-electron chi connectivity index (χ4n) is 4.30. The minimum Gasteiger partial charge on any atom is -0.462 e. The quantitative estimate of drug-likeness (QED) is 0.357. The van der Waals surface area contributed by atoms with Crippen LogP contribution in [0.5, 0.6) is 0 Å². The highest BCUT2D eigenvalue weighted by Crippen LogP contribution is 2.39. The van der Waals surface area contributed by atoms with Gasteiger partial charge in [0.25, 0.3) is 0 Å². The van der Waals surface area contributed by atoms with Crippen molar-refractivity contribution in [1.82, 2.24) is 4.90 Å².